The van der Waals surface area contributed by atoms with Crippen molar-refractivity contribution in [2.45, 2.75) is 49.2 Å². The van der Waals surface area contributed by atoms with Gasteiger partial charge in [0.25, 0.3) is 11.8 Å². The molecule has 0 saturated carbocycles. The van der Waals surface area contributed by atoms with Crippen LogP contribution in [0.2, 0.25) is 5.02 Å². The number of rotatable bonds is 12. The van der Waals surface area contributed by atoms with Crippen molar-refractivity contribution in [2.75, 3.05) is 17.2 Å². The summed E-state index contributed by atoms with van der Waals surface area (Å²) < 4.78 is 5.43. The quantitative estimate of drug-likeness (QED) is 0.0663. The van der Waals surface area contributed by atoms with Gasteiger partial charge < -0.3 is 20.7 Å². The molecule has 1 heterocycles. The standard InChI is InChI=1S/C42H38ClN3O5S2/c1-3-51-42(50)37-34-21-20-30(28-13-6-4-7-14-28)24-36(34)53-41(37)46-38(47)26(2)52-33-19-11-18-32(25-33)44-40(49)35(23-27-12-10-17-31(43)22-27)45-39(48)29-15-8-5-9-16-29/h4-19,22-23,25-26,30H,3,20-21,24H2,1-2H3,(H,44,49)(H,45,48)(H,46,47)/b35-23-. The van der Waals surface area contributed by atoms with Crippen molar-refractivity contribution in [3.63, 3.8) is 0 Å². The predicted molar refractivity (Wildman–Crippen MR) is 214 cm³/mol. The Morgan fingerprint density at radius 2 is 1.66 bits per heavy atom. The highest BCUT2D eigenvalue weighted by Crippen LogP contribution is 2.43. The van der Waals surface area contributed by atoms with Gasteiger partial charge in [0.1, 0.15) is 10.7 Å². The number of nitrogens with one attached hydrogen (secondary N) is 3. The fourth-order valence-corrected chi connectivity index (χ4v) is 8.57. The maximum Gasteiger partial charge on any atom is 0.341 e. The maximum atomic E-state index is 13.6. The maximum absolute atomic E-state index is 13.6. The van der Waals surface area contributed by atoms with Crippen LogP contribution in [0.3, 0.4) is 0 Å². The van der Waals surface area contributed by atoms with E-state index in [1.807, 2.05) is 24.3 Å². The zero-order valence-electron chi connectivity index (χ0n) is 29.2. The number of anilines is 2. The monoisotopic (exact) mass is 763 g/mol. The van der Waals surface area contributed by atoms with Crippen LogP contribution in [-0.2, 0) is 27.2 Å². The number of thiophene rings is 1. The van der Waals surface area contributed by atoms with E-state index in [-0.39, 0.29) is 18.2 Å². The molecule has 0 spiro atoms. The second kappa shape index (κ2) is 17.6. The zero-order valence-corrected chi connectivity index (χ0v) is 31.6. The largest absolute Gasteiger partial charge is 0.462 e. The molecule has 0 bridgehead atoms. The van der Waals surface area contributed by atoms with Gasteiger partial charge in [0.05, 0.1) is 17.4 Å². The van der Waals surface area contributed by atoms with Crippen LogP contribution < -0.4 is 16.0 Å². The lowest BCUT2D eigenvalue weighted by Crippen LogP contribution is -2.30. The van der Waals surface area contributed by atoms with Crippen molar-refractivity contribution >= 4 is 75.2 Å². The van der Waals surface area contributed by atoms with Gasteiger partial charge in [0.15, 0.2) is 0 Å². The molecule has 0 aliphatic heterocycles. The van der Waals surface area contributed by atoms with Gasteiger partial charge in [0, 0.05) is 26.0 Å². The molecule has 5 aromatic rings. The summed E-state index contributed by atoms with van der Waals surface area (Å²) in [4.78, 5) is 55.3. The number of halogens is 1. The highest BCUT2D eigenvalue weighted by Gasteiger charge is 2.31. The van der Waals surface area contributed by atoms with Gasteiger partial charge in [-0.3, -0.25) is 14.4 Å². The van der Waals surface area contributed by atoms with E-state index in [0.717, 1.165) is 34.6 Å². The smallest absolute Gasteiger partial charge is 0.341 e. The summed E-state index contributed by atoms with van der Waals surface area (Å²) in [5.41, 5.74) is 4.21. The average molecular weight is 764 g/mol. The number of amides is 3. The normalized spacial score (nSPS) is 14.4. The molecule has 11 heteroatoms. The van der Waals surface area contributed by atoms with Crippen LogP contribution in [0, 0.1) is 0 Å². The summed E-state index contributed by atoms with van der Waals surface area (Å²) in [5, 5.41) is 9.09. The number of carbonyl (C=O) groups is 4. The number of carbonyl (C=O) groups excluding carboxylic acids is 4. The van der Waals surface area contributed by atoms with Gasteiger partial charge in [-0.2, -0.15) is 0 Å². The molecule has 0 radical (unpaired) electrons. The molecule has 8 nitrogen and oxygen atoms in total. The van der Waals surface area contributed by atoms with Crippen LogP contribution in [0.1, 0.15) is 68.5 Å². The Morgan fingerprint density at radius 1 is 0.925 bits per heavy atom. The van der Waals surface area contributed by atoms with E-state index in [2.05, 4.69) is 28.1 Å². The molecule has 2 atom stereocenters. The van der Waals surface area contributed by atoms with Crippen molar-refractivity contribution in [2.24, 2.45) is 0 Å². The van der Waals surface area contributed by atoms with E-state index >= 15 is 0 Å². The Balaban J connectivity index is 1.15. The Kier molecular flexibility index (Phi) is 12.5. The van der Waals surface area contributed by atoms with Gasteiger partial charge in [0.2, 0.25) is 5.91 Å². The van der Waals surface area contributed by atoms with Crippen LogP contribution in [0.15, 0.2) is 120 Å². The van der Waals surface area contributed by atoms with Gasteiger partial charge in [-0.25, -0.2) is 4.79 Å². The van der Waals surface area contributed by atoms with Crippen LogP contribution in [-0.4, -0.2) is 35.5 Å². The summed E-state index contributed by atoms with van der Waals surface area (Å²) in [7, 11) is 0. The zero-order chi connectivity index (χ0) is 37.3. The summed E-state index contributed by atoms with van der Waals surface area (Å²) in [6, 6.07) is 33.0. The minimum atomic E-state index is -0.546. The Bertz CT molecular complexity index is 2150. The van der Waals surface area contributed by atoms with Crippen LogP contribution >= 0.6 is 34.7 Å². The van der Waals surface area contributed by atoms with Crippen molar-refractivity contribution in [1.29, 1.82) is 0 Å². The first-order valence-electron chi connectivity index (χ1n) is 17.3. The third-order valence-electron chi connectivity index (χ3n) is 8.72. The van der Waals surface area contributed by atoms with Gasteiger partial charge in [-0.1, -0.05) is 78.3 Å². The van der Waals surface area contributed by atoms with Crippen molar-refractivity contribution in [3.8, 4) is 0 Å². The Labute approximate surface area is 322 Å². The lowest BCUT2D eigenvalue weighted by Gasteiger charge is -2.23. The summed E-state index contributed by atoms with van der Waals surface area (Å²) >= 11 is 8.95. The van der Waals surface area contributed by atoms with Crippen LogP contribution in [0.4, 0.5) is 10.7 Å². The molecule has 1 aromatic heterocycles. The van der Waals surface area contributed by atoms with E-state index < -0.39 is 23.0 Å². The van der Waals surface area contributed by atoms with Crippen LogP contribution in [0.5, 0.6) is 0 Å². The molecule has 0 fully saturated rings. The molecule has 53 heavy (non-hydrogen) atoms. The van der Waals surface area contributed by atoms with E-state index in [4.69, 9.17) is 16.3 Å². The number of fused-ring (bicyclic) bond motifs is 1. The summed E-state index contributed by atoms with van der Waals surface area (Å²) in [6.07, 6.45) is 3.98. The molecule has 1 aliphatic rings. The SMILES string of the molecule is CCOC(=O)c1c(NC(=O)C(C)Sc2cccc(NC(=O)/C(=C/c3cccc(Cl)c3)NC(=O)c3ccccc3)c2)sc2c1CCC(c1ccccc1)C2. The molecule has 2 unspecified atom stereocenters. The first-order chi connectivity index (χ1) is 25.7. The van der Waals surface area contributed by atoms with E-state index in [9.17, 15) is 19.2 Å². The highest BCUT2D eigenvalue weighted by molar-refractivity contribution is 8.00. The fourth-order valence-electron chi connectivity index (χ4n) is 6.13. The lowest BCUT2D eigenvalue weighted by atomic mass is 9.83. The number of hydrogen-bond acceptors (Lipinski definition) is 7. The first-order valence-corrected chi connectivity index (χ1v) is 19.3. The highest BCUT2D eigenvalue weighted by atomic mass is 35.5. The number of thioether (sulfide) groups is 1. The van der Waals surface area contributed by atoms with E-state index in [0.29, 0.717) is 38.3 Å². The van der Waals surface area contributed by atoms with Gasteiger partial charge >= 0.3 is 5.97 Å². The van der Waals surface area contributed by atoms with E-state index in [1.165, 1.54) is 28.7 Å². The van der Waals surface area contributed by atoms with Gasteiger partial charge in [-0.15, -0.1) is 23.1 Å². The second-order valence-electron chi connectivity index (χ2n) is 12.4. The first kappa shape index (κ1) is 37.6. The average Bonchev–Trinajstić information content (AvgIpc) is 3.52. The molecule has 1 aliphatic carbocycles. The predicted octanol–water partition coefficient (Wildman–Crippen LogP) is 9.38. The number of esters is 1. The number of hydrogen-bond donors (Lipinski definition) is 3. The lowest BCUT2D eigenvalue weighted by molar-refractivity contribution is -0.115. The fraction of sp³-hybridized carbons (Fsp3) is 0.190. The number of ether oxygens (including phenoxy) is 1. The molecule has 4 aromatic carbocycles. The minimum Gasteiger partial charge on any atom is -0.462 e. The molecule has 0 saturated heterocycles. The Morgan fingerprint density at radius 3 is 2.40 bits per heavy atom. The van der Waals surface area contributed by atoms with Crippen LogP contribution in [0.25, 0.3) is 6.08 Å². The third-order valence-corrected chi connectivity index (χ3v) is 11.2. The molecule has 6 rings (SSSR count). The number of benzene rings is 4. The minimum absolute atomic E-state index is 0.0260. The second-order valence-corrected chi connectivity index (χ2v) is 15.4. The third kappa shape index (κ3) is 9.64. The molecule has 3 amide bonds. The topological polar surface area (TPSA) is 114 Å². The van der Waals surface area contributed by atoms with Gasteiger partial charge in [-0.05, 0) is 104 Å². The van der Waals surface area contributed by atoms with E-state index in [1.54, 1.807) is 92.7 Å². The van der Waals surface area contributed by atoms with Crippen molar-refractivity contribution in [3.05, 3.63) is 153 Å². The molecule has 270 valence electrons. The molecular formula is C42H38ClN3O5S2. The Hall–Kier alpha value is -5.16. The summed E-state index contributed by atoms with van der Waals surface area (Å²) in [6.45, 7) is 3.80. The summed E-state index contributed by atoms with van der Waals surface area (Å²) in [5.74, 6) is -1.32. The molecular weight excluding hydrogens is 726 g/mol. The molecule has 3 N–H and O–H groups in total. The van der Waals surface area contributed by atoms with Crippen molar-refractivity contribution in [1.82, 2.24) is 5.32 Å². The van der Waals surface area contributed by atoms with Crippen molar-refractivity contribution < 1.29 is 23.9 Å².